The zero-order valence-corrected chi connectivity index (χ0v) is 15.5. The minimum Gasteiger partial charge on any atom is -0.492 e. The molecule has 0 saturated carbocycles. The molecule has 7 heteroatoms. The highest BCUT2D eigenvalue weighted by molar-refractivity contribution is 5.97. The van der Waals surface area contributed by atoms with Gasteiger partial charge in [0, 0.05) is 17.7 Å². The third kappa shape index (κ3) is 4.45. The predicted molar refractivity (Wildman–Crippen MR) is 104 cm³/mol. The number of nitrogens with zero attached hydrogens (tertiary/aromatic N) is 2. The summed E-state index contributed by atoms with van der Waals surface area (Å²) < 4.78 is 5.80. The molecule has 1 aromatic heterocycles. The zero-order chi connectivity index (χ0) is 19.2. The summed E-state index contributed by atoms with van der Waals surface area (Å²) >= 11 is 0. The van der Waals surface area contributed by atoms with Gasteiger partial charge in [-0.25, -0.2) is 10.5 Å². The van der Waals surface area contributed by atoms with E-state index in [1.54, 1.807) is 23.7 Å². The number of aromatic amines is 1. The van der Waals surface area contributed by atoms with Gasteiger partial charge in [-0.05, 0) is 55.6 Å². The molecule has 0 bridgehead atoms. The molecule has 0 spiro atoms. The lowest BCUT2D eigenvalue weighted by Crippen LogP contribution is -2.27. The molecule has 1 amide bonds. The summed E-state index contributed by atoms with van der Waals surface area (Å²) in [6.07, 6.45) is 0. The Bertz CT molecular complexity index is 901. The molecule has 0 saturated heterocycles. The molecule has 3 rings (SSSR count). The molecule has 0 unspecified atom stereocenters. The highest BCUT2D eigenvalue weighted by Crippen LogP contribution is 2.23. The number of hydrogen-bond acceptors (Lipinski definition) is 5. The van der Waals surface area contributed by atoms with Crippen LogP contribution in [0.15, 0.2) is 42.5 Å². The minimum absolute atomic E-state index is 0.358. The van der Waals surface area contributed by atoms with Crippen LogP contribution in [0.2, 0.25) is 0 Å². The van der Waals surface area contributed by atoms with Gasteiger partial charge in [0.25, 0.3) is 5.91 Å². The molecular weight excluding hydrogens is 344 g/mol. The lowest BCUT2D eigenvalue weighted by atomic mass is 10.2. The van der Waals surface area contributed by atoms with Gasteiger partial charge in [0.15, 0.2) is 0 Å². The number of carbonyl (C=O) groups is 1. The van der Waals surface area contributed by atoms with Gasteiger partial charge in [-0.15, -0.1) is 0 Å². The Morgan fingerprint density at radius 3 is 2.59 bits per heavy atom. The van der Waals surface area contributed by atoms with Gasteiger partial charge < -0.3 is 14.6 Å². The monoisotopic (exact) mass is 368 g/mol. The molecule has 0 atom stereocenters. The number of carbonyl (C=O) groups excluding carboxylic acids is 1. The number of hydrogen-bond donors (Lipinski definition) is 3. The minimum atomic E-state index is -0.556. The van der Waals surface area contributed by atoms with E-state index in [-0.39, 0.29) is 0 Å². The molecule has 7 nitrogen and oxygen atoms in total. The third-order valence-corrected chi connectivity index (χ3v) is 4.54. The highest BCUT2D eigenvalue weighted by Gasteiger charge is 2.09. The van der Waals surface area contributed by atoms with Crippen LogP contribution < -0.4 is 10.2 Å². The Balaban J connectivity index is 1.70. The maximum Gasteiger partial charge on any atom is 0.274 e. The molecule has 2 aromatic carbocycles. The number of nitrogens with one attached hydrogen (secondary N) is 2. The first-order valence-electron chi connectivity index (χ1n) is 9.04. The number of rotatable bonds is 8. The van der Waals surface area contributed by atoms with E-state index in [0.29, 0.717) is 18.0 Å². The summed E-state index contributed by atoms with van der Waals surface area (Å²) in [6.45, 7) is 7.89. The van der Waals surface area contributed by atoms with Gasteiger partial charge in [0.05, 0.1) is 11.0 Å². The smallest absolute Gasteiger partial charge is 0.274 e. The average molecular weight is 368 g/mol. The fourth-order valence-electron chi connectivity index (χ4n) is 2.89. The van der Waals surface area contributed by atoms with Crippen molar-refractivity contribution in [2.24, 2.45) is 0 Å². The van der Waals surface area contributed by atoms with Crippen molar-refractivity contribution in [3.8, 4) is 17.1 Å². The summed E-state index contributed by atoms with van der Waals surface area (Å²) in [4.78, 5) is 21.6. The van der Waals surface area contributed by atoms with E-state index < -0.39 is 5.91 Å². The van der Waals surface area contributed by atoms with E-state index in [4.69, 9.17) is 9.94 Å². The standard InChI is InChI=1S/C20H24N4O3/c1-3-24(4-2)11-12-27-16-8-5-14(6-9-16)19-21-17-10-7-15(20(25)23-26)13-18(17)22-19/h5-10,13,26H,3-4,11-12H2,1-2H3,(H,21,22)(H,23,25). The molecule has 0 radical (unpaired) electrons. The van der Waals surface area contributed by atoms with E-state index >= 15 is 0 Å². The number of hydroxylamine groups is 1. The van der Waals surface area contributed by atoms with Crippen LogP contribution in [0.4, 0.5) is 0 Å². The Kier molecular flexibility index (Phi) is 6.05. The summed E-state index contributed by atoms with van der Waals surface area (Å²) in [5.41, 5.74) is 4.39. The number of H-pyrrole nitrogens is 1. The maximum absolute atomic E-state index is 11.5. The molecule has 3 aromatic rings. The Morgan fingerprint density at radius 1 is 1.19 bits per heavy atom. The highest BCUT2D eigenvalue weighted by atomic mass is 16.5. The van der Waals surface area contributed by atoms with Gasteiger partial charge in [-0.3, -0.25) is 10.0 Å². The van der Waals surface area contributed by atoms with Crippen molar-refractivity contribution in [3.63, 3.8) is 0 Å². The third-order valence-electron chi connectivity index (χ3n) is 4.54. The van der Waals surface area contributed by atoms with Crippen LogP contribution >= 0.6 is 0 Å². The van der Waals surface area contributed by atoms with Crippen molar-refractivity contribution in [1.29, 1.82) is 0 Å². The number of benzene rings is 2. The van der Waals surface area contributed by atoms with Crippen LogP contribution in [-0.2, 0) is 0 Å². The second-order valence-electron chi connectivity index (χ2n) is 6.16. The lowest BCUT2D eigenvalue weighted by molar-refractivity contribution is 0.0706. The molecule has 3 N–H and O–H groups in total. The van der Waals surface area contributed by atoms with Crippen LogP contribution in [0, 0.1) is 0 Å². The van der Waals surface area contributed by atoms with E-state index in [0.717, 1.165) is 42.0 Å². The summed E-state index contributed by atoms with van der Waals surface area (Å²) in [7, 11) is 0. The first-order chi connectivity index (χ1) is 13.1. The quantitative estimate of drug-likeness (QED) is 0.420. The van der Waals surface area contributed by atoms with Crippen molar-refractivity contribution in [2.75, 3.05) is 26.2 Å². The van der Waals surface area contributed by atoms with E-state index in [1.807, 2.05) is 24.3 Å². The van der Waals surface area contributed by atoms with E-state index in [2.05, 4.69) is 28.7 Å². The van der Waals surface area contributed by atoms with Crippen molar-refractivity contribution < 1.29 is 14.7 Å². The molecule has 142 valence electrons. The summed E-state index contributed by atoms with van der Waals surface area (Å²) in [6, 6.07) is 12.8. The Hall–Kier alpha value is -2.90. The largest absolute Gasteiger partial charge is 0.492 e. The van der Waals surface area contributed by atoms with Crippen LogP contribution in [0.25, 0.3) is 22.4 Å². The average Bonchev–Trinajstić information content (AvgIpc) is 3.14. The normalized spacial score (nSPS) is 11.1. The molecule has 1 heterocycles. The van der Waals surface area contributed by atoms with Crippen molar-refractivity contribution >= 4 is 16.9 Å². The lowest BCUT2D eigenvalue weighted by Gasteiger charge is -2.18. The van der Waals surface area contributed by atoms with Crippen molar-refractivity contribution in [3.05, 3.63) is 48.0 Å². The number of amides is 1. The van der Waals surface area contributed by atoms with Crippen LogP contribution in [0.1, 0.15) is 24.2 Å². The Labute approximate surface area is 157 Å². The van der Waals surface area contributed by atoms with Crippen molar-refractivity contribution in [2.45, 2.75) is 13.8 Å². The van der Waals surface area contributed by atoms with Gasteiger partial charge in [-0.1, -0.05) is 13.8 Å². The first-order valence-corrected chi connectivity index (χ1v) is 9.04. The number of ether oxygens (including phenoxy) is 1. The number of aromatic nitrogens is 2. The molecule has 0 aliphatic heterocycles. The van der Waals surface area contributed by atoms with Gasteiger partial charge in [0.1, 0.15) is 18.2 Å². The fraction of sp³-hybridized carbons (Fsp3) is 0.300. The summed E-state index contributed by atoms with van der Waals surface area (Å²) in [5.74, 6) is 0.976. The fourth-order valence-corrected chi connectivity index (χ4v) is 2.89. The summed E-state index contributed by atoms with van der Waals surface area (Å²) in [5, 5.41) is 8.75. The number of likely N-dealkylation sites (N-methyl/N-ethyl adjacent to an activating group) is 1. The van der Waals surface area contributed by atoms with Crippen LogP contribution in [0.5, 0.6) is 5.75 Å². The van der Waals surface area contributed by atoms with Gasteiger partial charge in [-0.2, -0.15) is 0 Å². The topological polar surface area (TPSA) is 90.5 Å². The first kappa shape index (κ1) is 18.9. The SMILES string of the molecule is CCN(CC)CCOc1ccc(-c2nc3ccc(C(=O)NO)cc3[nH]2)cc1. The molecule has 0 aliphatic rings. The number of imidazole rings is 1. The van der Waals surface area contributed by atoms with E-state index in [1.165, 1.54) is 0 Å². The van der Waals surface area contributed by atoms with Gasteiger partial charge in [0.2, 0.25) is 0 Å². The Morgan fingerprint density at radius 2 is 1.93 bits per heavy atom. The second kappa shape index (κ2) is 8.66. The molecule has 0 fully saturated rings. The van der Waals surface area contributed by atoms with Crippen molar-refractivity contribution in [1.82, 2.24) is 20.3 Å². The van der Waals surface area contributed by atoms with E-state index in [9.17, 15) is 4.79 Å². The molecule has 27 heavy (non-hydrogen) atoms. The predicted octanol–water partition coefficient (Wildman–Crippen LogP) is 3.07. The molecule has 0 aliphatic carbocycles. The second-order valence-corrected chi connectivity index (χ2v) is 6.16. The van der Waals surface area contributed by atoms with Crippen LogP contribution in [0.3, 0.4) is 0 Å². The number of fused-ring (bicyclic) bond motifs is 1. The van der Waals surface area contributed by atoms with Crippen LogP contribution in [-0.4, -0.2) is 52.2 Å². The molecular formula is C20H24N4O3. The van der Waals surface area contributed by atoms with Gasteiger partial charge >= 0.3 is 0 Å². The zero-order valence-electron chi connectivity index (χ0n) is 15.5. The maximum atomic E-state index is 11.5.